The molecule has 134 valence electrons. The monoisotopic (exact) mass is 382 g/mol. The SMILES string of the molecule is FC(F)(F)c1cccc(C(OP2Oc3ccccc3O2)C(F)(F)F)c1. The predicted octanol–water partition coefficient (Wildman–Crippen LogP) is 6.02. The van der Waals surface area contributed by atoms with Crippen molar-refractivity contribution in [3.63, 3.8) is 0 Å². The topological polar surface area (TPSA) is 27.7 Å². The zero-order valence-electron chi connectivity index (χ0n) is 12.1. The molecule has 1 unspecified atom stereocenters. The van der Waals surface area contributed by atoms with Crippen molar-refractivity contribution in [2.45, 2.75) is 18.5 Å². The first-order chi connectivity index (χ1) is 11.6. The van der Waals surface area contributed by atoms with Crippen molar-refractivity contribution >= 4 is 8.60 Å². The van der Waals surface area contributed by atoms with Gasteiger partial charge in [-0.15, -0.1) is 0 Å². The summed E-state index contributed by atoms with van der Waals surface area (Å²) in [6.07, 6.45) is -12.3. The van der Waals surface area contributed by atoms with E-state index in [4.69, 9.17) is 13.6 Å². The van der Waals surface area contributed by atoms with Crippen LogP contribution in [0.1, 0.15) is 17.2 Å². The Bertz CT molecular complexity index is 736. The van der Waals surface area contributed by atoms with Crippen LogP contribution in [0.2, 0.25) is 0 Å². The van der Waals surface area contributed by atoms with E-state index < -0.39 is 38.2 Å². The second-order valence-corrected chi connectivity index (χ2v) is 6.03. The fraction of sp³-hybridized carbons (Fsp3) is 0.200. The summed E-state index contributed by atoms with van der Waals surface area (Å²) in [6.45, 7) is 0. The largest absolute Gasteiger partial charge is 0.464 e. The molecule has 0 saturated carbocycles. The predicted molar refractivity (Wildman–Crippen MR) is 75.9 cm³/mol. The van der Waals surface area contributed by atoms with Crippen molar-refractivity contribution in [3.8, 4) is 11.5 Å². The quantitative estimate of drug-likeness (QED) is 0.480. The van der Waals surface area contributed by atoms with Crippen LogP contribution in [-0.4, -0.2) is 6.18 Å². The van der Waals surface area contributed by atoms with Gasteiger partial charge in [-0.25, -0.2) is 0 Å². The minimum absolute atomic E-state index is 0.207. The van der Waals surface area contributed by atoms with Gasteiger partial charge in [0.15, 0.2) is 17.6 Å². The number of halogens is 6. The summed E-state index contributed by atoms with van der Waals surface area (Å²) in [4.78, 5) is 0. The number of rotatable bonds is 3. The van der Waals surface area contributed by atoms with E-state index in [1.54, 1.807) is 12.1 Å². The van der Waals surface area contributed by atoms with Crippen LogP contribution in [0.25, 0.3) is 0 Å². The number of para-hydroxylation sites is 2. The Balaban J connectivity index is 1.85. The molecule has 0 N–H and O–H groups in total. The lowest BCUT2D eigenvalue weighted by Crippen LogP contribution is -2.23. The molecule has 0 saturated heterocycles. The Morgan fingerprint density at radius 1 is 0.840 bits per heavy atom. The van der Waals surface area contributed by atoms with Gasteiger partial charge in [0.05, 0.1) is 5.56 Å². The van der Waals surface area contributed by atoms with E-state index in [9.17, 15) is 26.3 Å². The number of fused-ring (bicyclic) bond motifs is 1. The molecule has 25 heavy (non-hydrogen) atoms. The highest BCUT2D eigenvalue weighted by atomic mass is 31.2. The fourth-order valence-electron chi connectivity index (χ4n) is 2.10. The molecular weight excluding hydrogens is 373 g/mol. The summed E-state index contributed by atoms with van der Waals surface area (Å²) >= 11 is 0. The van der Waals surface area contributed by atoms with Crippen molar-refractivity contribution in [1.82, 2.24) is 0 Å². The summed E-state index contributed by atoms with van der Waals surface area (Å²) < 4.78 is 93.3. The normalized spacial score (nSPS) is 16.1. The molecule has 0 fully saturated rings. The van der Waals surface area contributed by atoms with Gasteiger partial charge in [0.2, 0.25) is 0 Å². The van der Waals surface area contributed by atoms with Gasteiger partial charge in [-0.2, -0.15) is 26.3 Å². The number of hydrogen-bond acceptors (Lipinski definition) is 3. The number of benzene rings is 2. The maximum absolute atomic E-state index is 13.3. The van der Waals surface area contributed by atoms with Gasteiger partial charge in [-0.1, -0.05) is 24.3 Å². The molecule has 0 spiro atoms. The molecule has 1 aliphatic heterocycles. The molecule has 3 rings (SSSR count). The lowest BCUT2D eigenvalue weighted by Gasteiger charge is -2.22. The summed E-state index contributed by atoms with van der Waals surface area (Å²) in [5, 5.41) is 0. The van der Waals surface area contributed by atoms with Crippen LogP contribution in [0.5, 0.6) is 11.5 Å². The molecular formula is C15H9F6O3P. The summed E-state index contributed by atoms with van der Waals surface area (Å²) in [5.74, 6) is 0.414. The van der Waals surface area contributed by atoms with Crippen molar-refractivity contribution in [2.24, 2.45) is 0 Å². The number of hydrogen-bond donors (Lipinski definition) is 0. The molecule has 2 aromatic rings. The third-order valence-corrected chi connectivity index (χ3v) is 4.27. The summed E-state index contributed by atoms with van der Waals surface area (Å²) in [5.41, 5.74) is -1.89. The van der Waals surface area contributed by atoms with Gasteiger partial charge in [0.1, 0.15) is 0 Å². The second kappa shape index (κ2) is 6.38. The molecule has 0 bridgehead atoms. The van der Waals surface area contributed by atoms with Gasteiger partial charge in [0, 0.05) is 0 Å². The van der Waals surface area contributed by atoms with E-state index in [1.165, 1.54) is 12.1 Å². The number of alkyl halides is 6. The Hall–Kier alpha value is -1.99. The average Bonchev–Trinajstić information content (AvgIpc) is 2.93. The van der Waals surface area contributed by atoms with E-state index in [-0.39, 0.29) is 11.5 Å². The first-order valence-electron chi connectivity index (χ1n) is 6.80. The zero-order valence-corrected chi connectivity index (χ0v) is 13.0. The van der Waals surface area contributed by atoms with E-state index in [0.717, 1.165) is 12.1 Å². The van der Waals surface area contributed by atoms with Crippen LogP contribution in [-0.2, 0) is 10.7 Å². The lowest BCUT2D eigenvalue weighted by atomic mass is 10.1. The summed E-state index contributed by atoms with van der Waals surface area (Å²) in [7, 11) is -2.44. The van der Waals surface area contributed by atoms with Gasteiger partial charge in [-0.3, -0.25) is 4.52 Å². The maximum Gasteiger partial charge on any atom is 0.464 e. The fourth-order valence-corrected chi connectivity index (χ4v) is 3.26. The molecule has 2 aromatic carbocycles. The minimum atomic E-state index is -4.95. The Morgan fingerprint density at radius 3 is 1.96 bits per heavy atom. The van der Waals surface area contributed by atoms with Gasteiger partial charge < -0.3 is 9.05 Å². The average molecular weight is 382 g/mol. The maximum atomic E-state index is 13.3. The van der Waals surface area contributed by atoms with Gasteiger partial charge in [-0.05, 0) is 29.8 Å². The van der Waals surface area contributed by atoms with Gasteiger partial charge in [0.25, 0.3) is 0 Å². The van der Waals surface area contributed by atoms with Crippen LogP contribution < -0.4 is 9.05 Å². The molecule has 0 radical (unpaired) electrons. The molecule has 0 aromatic heterocycles. The Kier molecular flexibility index (Phi) is 4.55. The Morgan fingerprint density at radius 2 is 1.44 bits per heavy atom. The highest BCUT2D eigenvalue weighted by Gasteiger charge is 2.47. The van der Waals surface area contributed by atoms with Crippen LogP contribution in [0, 0.1) is 0 Å². The highest BCUT2D eigenvalue weighted by Crippen LogP contribution is 2.56. The first kappa shape index (κ1) is 17.8. The van der Waals surface area contributed by atoms with Crippen LogP contribution >= 0.6 is 8.60 Å². The molecule has 3 nitrogen and oxygen atoms in total. The molecule has 0 aliphatic carbocycles. The molecule has 10 heteroatoms. The molecule has 1 heterocycles. The van der Waals surface area contributed by atoms with Crippen LogP contribution in [0.15, 0.2) is 48.5 Å². The molecule has 1 aliphatic rings. The third-order valence-electron chi connectivity index (χ3n) is 3.20. The molecule has 0 amide bonds. The van der Waals surface area contributed by atoms with Crippen molar-refractivity contribution < 1.29 is 39.9 Å². The first-order valence-corrected chi connectivity index (χ1v) is 7.90. The van der Waals surface area contributed by atoms with Crippen molar-refractivity contribution in [3.05, 3.63) is 59.7 Å². The van der Waals surface area contributed by atoms with Crippen LogP contribution in [0.3, 0.4) is 0 Å². The standard InChI is InChI=1S/C15H9F6O3P/c16-14(17,18)10-5-3-4-9(8-10)13(15(19,20)21)24-25-22-11-6-1-2-7-12(11)23-25/h1-8,13H. The van der Waals surface area contributed by atoms with E-state index in [0.29, 0.717) is 12.1 Å². The van der Waals surface area contributed by atoms with Gasteiger partial charge >= 0.3 is 21.0 Å². The highest BCUT2D eigenvalue weighted by molar-refractivity contribution is 7.43. The van der Waals surface area contributed by atoms with E-state index in [2.05, 4.69) is 0 Å². The third kappa shape index (κ3) is 3.99. The lowest BCUT2D eigenvalue weighted by molar-refractivity contribution is -0.199. The second-order valence-electron chi connectivity index (χ2n) is 5.00. The van der Waals surface area contributed by atoms with Crippen molar-refractivity contribution in [1.29, 1.82) is 0 Å². The Labute approximate surface area is 139 Å². The van der Waals surface area contributed by atoms with E-state index in [1.807, 2.05) is 0 Å². The van der Waals surface area contributed by atoms with Crippen LogP contribution in [0.4, 0.5) is 26.3 Å². The van der Waals surface area contributed by atoms with Crippen molar-refractivity contribution in [2.75, 3.05) is 0 Å². The smallest absolute Gasteiger partial charge is 0.414 e. The molecule has 1 atom stereocenters. The summed E-state index contributed by atoms with van der Waals surface area (Å²) in [6, 6.07) is 9.02. The zero-order chi connectivity index (χ0) is 18.2. The minimum Gasteiger partial charge on any atom is -0.414 e. The van der Waals surface area contributed by atoms with E-state index >= 15 is 0 Å².